The van der Waals surface area contributed by atoms with Gasteiger partial charge in [-0.25, -0.2) is 4.79 Å². The van der Waals surface area contributed by atoms with Crippen LogP contribution in [-0.2, 0) is 23.7 Å². The summed E-state index contributed by atoms with van der Waals surface area (Å²) in [7, 11) is 3.04. The van der Waals surface area contributed by atoms with Gasteiger partial charge in [0.1, 0.15) is 24.3 Å². The van der Waals surface area contributed by atoms with Crippen molar-refractivity contribution in [2.45, 2.75) is 70.6 Å². The number of nitrogens with one attached hydrogen (secondary N) is 1. The molecule has 8 nitrogen and oxygen atoms in total. The molecule has 2 fully saturated rings. The predicted molar refractivity (Wildman–Crippen MR) is 107 cm³/mol. The topological polar surface area (TPSA) is 86.3 Å². The Hall–Kier alpha value is -1.82. The minimum atomic E-state index is -1.10. The number of likely N-dealkylation sites (tertiary alicyclic amines) is 1. The molecule has 2 aliphatic rings. The van der Waals surface area contributed by atoms with Crippen LogP contribution >= 0.6 is 0 Å². The largest absolute Gasteiger partial charge is 0.444 e. The Morgan fingerprint density at radius 3 is 2.41 bits per heavy atom. The van der Waals surface area contributed by atoms with E-state index in [1.165, 1.54) is 14.2 Å². The Kier molecular flexibility index (Phi) is 7.20. The molecule has 0 aromatic carbocycles. The van der Waals surface area contributed by atoms with Crippen LogP contribution in [0.2, 0.25) is 0 Å². The number of hydrogen-bond donors (Lipinski definition) is 1. The van der Waals surface area contributed by atoms with Crippen molar-refractivity contribution >= 4 is 12.0 Å². The Morgan fingerprint density at radius 1 is 1.31 bits per heavy atom. The van der Waals surface area contributed by atoms with Gasteiger partial charge in [-0.05, 0) is 33.1 Å². The van der Waals surface area contributed by atoms with Crippen LogP contribution in [0.4, 0.5) is 4.79 Å². The van der Waals surface area contributed by atoms with E-state index in [0.717, 1.165) is 0 Å². The number of alkyl carbamates (subject to hydrolysis) is 1. The number of hydrogen-bond acceptors (Lipinski definition) is 6. The molecule has 0 spiro atoms. The van der Waals surface area contributed by atoms with Gasteiger partial charge in [0.05, 0.1) is 12.0 Å². The van der Waals surface area contributed by atoms with Crippen molar-refractivity contribution in [2.24, 2.45) is 11.8 Å². The molecular weight excluding hydrogens is 376 g/mol. The van der Waals surface area contributed by atoms with Gasteiger partial charge >= 0.3 is 6.09 Å². The zero-order valence-corrected chi connectivity index (χ0v) is 18.5. The van der Waals surface area contributed by atoms with Crippen LogP contribution in [0.1, 0.15) is 41.0 Å². The lowest BCUT2D eigenvalue weighted by Gasteiger charge is -2.37. The minimum absolute atomic E-state index is 0.172. The minimum Gasteiger partial charge on any atom is -0.444 e. The molecule has 2 amide bonds. The first-order valence-electron chi connectivity index (χ1n) is 9.96. The fourth-order valence-electron chi connectivity index (χ4n) is 3.98. The molecule has 2 aliphatic heterocycles. The van der Waals surface area contributed by atoms with Gasteiger partial charge in [0.15, 0.2) is 0 Å². The quantitative estimate of drug-likeness (QED) is 0.531. The van der Waals surface area contributed by atoms with Crippen LogP contribution < -0.4 is 5.32 Å². The van der Waals surface area contributed by atoms with E-state index >= 15 is 0 Å². The van der Waals surface area contributed by atoms with Crippen molar-refractivity contribution in [1.29, 1.82) is 0 Å². The number of rotatable bonds is 6. The highest BCUT2D eigenvalue weighted by Crippen LogP contribution is 2.41. The second-order valence-corrected chi connectivity index (χ2v) is 9.03. The summed E-state index contributed by atoms with van der Waals surface area (Å²) in [6.45, 7) is 9.78. The van der Waals surface area contributed by atoms with E-state index in [9.17, 15) is 9.59 Å². The maximum Gasteiger partial charge on any atom is 0.408 e. The average Bonchev–Trinajstić information content (AvgIpc) is 3.17. The molecule has 4 atom stereocenters. The predicted octanol–water partition coefficient (Wildman–Crippen LogP) is 1.77. The van der Waals surface area contributed by atoms with Crippen LogP contribution in [0.3, 0.4) is 0 Å². The van der Waals surface area contributed by atoms with Gasteiger partial charge in [-0.15, -0.1) is 6.42 Å². The molecular formula is C21H34N2O6. The number of ether oxygens (including phenoxy) is 4. The van der Waals surface area contributed by atoms with E-state index in [0.29, 0.717) is 13.0 Å². The summed E-state index contributed by atoms with van der Waals surface area (Å²) in [5, 5.41) is 2.73. The van der Waals surface area contributed by atoms with Crippen molar-refractivity contribution < 1.29 is 28.5 Å². The van der Waals surface area contributed by atoms with Crippen LogP contribution in [0, 0.1) is 24.2 Å². The zero-order chi connectivity index (χ0) is 22.0. The van der Waals surface area contributed by atoms with Gasteiger partial charge in [-0.3, -0.25) is 4.79 Å². The normalized spacial score (nSPS) is 26.7. The summed E-state index contributed by atoms with van der Waals surface area (Å²) < 4.78 is 22.5. The highest BCUT2D eigenvalue weighted by Gasteiger charge is 2.61. The van der Waals surface area contributed by atoms with E-state index in [1.807, 2.05) is 13.8 Å². The van der Waals surface area contributed by atoms with Crippen LogP contribution in [0.15, 0.2) is 0 Å². The monoisotopic (exact) mass is 410 g/mol. The first-order valence-corrected chi connectivity index (χ1v) is 9.96. The molecule has 2 saturated heterocycles. The summed E-state index contributed by atoms with van der Waals surface area (Å²) in [4.78, 5) is 27.5. The van der Waals surface area contributed by atoms with Crippen LogP contribution in [0.5, 0.6) is 0 Å². The van der Waals surface area contributed by atoms with Crippen molar-refractivity contribution in [1.82, 2.24) is 10.2 Å². The fraction of sp³-hybridized carbons (Fsp3) is 0.810. The Bertz CT molecular complexity index is 647. The maximum absolute atomic E-state index is 13.5. The van der Waals surface area contributed by atoms with Gasteiger partial charge in [0.25, 0.3) is 0 Å². The van der Waals surface area contributed by atoms with Crippen LogP contribution in [0.25, 0.3) is 0 Å². The van der Waals surface area contributed by atoms with E-state index in [1.54, 1.807) is 25.7 Å². The lowest BCUT2D eigenvalue weighted by Crippen LogP contribution is -2.59. The van der Waals surface area contributed by atoms with Crippen molar-refractivity contribution in [3.05, 3.63) is 0 Å². The van der Waals surface area contributed by atoms with Gasteiger partial charge < -0.3 is 29.2 Å². The van der Waals surface area contributed by atoms with Gasteiger partial charge in [0, 0.05) is 20.8 Å². The first kappa shape index (κ1) is 23.5. The zero-order valence-electron chi connectivity index (χ0n) is 18.5. The molecule has 0 aromatic heterocycles. The Labute approximate surface area is 173 Å². The summed E-state index contributed by atoms with van der Waals surface area (Å²) in [5.74, 6) is 1.27. The smallest absolute Gasteiger partial charge is 0.408 e. The third kappa shape index (κ3) is 5.03. The van der Waals surface area contributed by atoms with Crippen molar-refractivity contribution in [2.75, 3.05) is 27.4 Å². The van der Waals surface area contributed by atoms with Crippen molar-refractivity contribution in [3.63, 3.8) is 0 Å². The maximum atomic E-state index is 13.5. The molecule has 29 heavy (non-hydrogen) atoms. The summed E-state index contributed by atoms with van der Waals surface area (Å²) >= 11 is 0. The molecule has 0 saturated carbocycles. The Morgan fingerprint density at radius 2 is 1.93 bits per heavy atom. The second kappa shape index (κ2) is 8.90. The summed E-state index contributed by atoms with van der Waals surface area (Å²) in [6, 6.07) is -1.25. The van der Waals surface area contributed by atoms with E-state index in [2.05, 4.69) is 11.2 Å². The molecule has 0 aromatic rings. The molecule has 2 heterocycles. The van der Waals surface area contributed by atoms with E-state index < -0.39 is 29.6 Å². The number of amides is 2. The SMILES string of the molecule is C#CC1CN(C(=O)C(CC(C)C)NC(=O)OC(C)(C)C)C2C1OCC2(OC)OC. The molecule has 0 radical (unpaired) electrons. The molecule has 164 valence electrons. The second-order valence-electron chi connectivity index (χ2n) is 9.03. The first-order chi connectivity index (χ1) is 13.5. The number of carbonyl (C=O) groups excluding carboxylic acids is 2. The number of nitrogens with zero attached hydrogens (tertiary/aromatic N) is 1. The molecule has 2 rings (SSSR count). The summed E-state index contributed by atoms with van der Waals surface area (Å²) in [5.41, 5.74) is -0.663. The third-order valence-corrected chi connectivity index (χ3v) is 5.25. The van der Waals surface area contributed by atoms with Crippen LogP contribution in [-0.4, -0.2) is 73.8 Å². The van der Waals surface area contributed by atoms with E-state index in [-0.39, 0.29) is 30.5 Å². The van der Waals surface area contributed by atoms with Gasteiger partial charge in [-0.1, -0.05) is 19.8 Å². The van der Waals surface area contributed by atoms with Gasteiger partial charge in [0.2, 0.25) is 11.7 Å². The highest BCUT2D eigenvalue weighted by molar-refractivity contribution is 5.86. The summed E-state index contributed by atoms with van der Waals surface area (Å²) in [6.07, 6.45) is 5.13. The average molecular weight is 411 g/mol. The van der Waals surface area contributed by atoms with Gasteiger partial charge in [-0.2, -0.15) is 0 Å². The molecule has 8 heteroatoms. The number of carbonyl (C=O) groups is 2. The standard InChI is InChI=1S/C21H34N2O6/c1-9-14-11-23(17-16(14)28-12-21(17,26-7)27-8)18(24)15(10-13(2)3)22-19(25)29-20(4,5)6/h1,13-17H,10-12H2,2-8H3,(H,22,25). The number of methoxy groups -OCH3 is 2. The molecule has 1 N–H and O–H groups in total. The molecule has 0 aliphatic carbocycles. The number of fused-ring (bicyclic) bond motifs is 1. The highest BCUT2D eigenvalue weighted by atomic mass is 16.7. The molecule has 4 unspecified atom stereocenters. The molecule has 0 bridgehead atoms. The lowest BCUT2D eigenvalue weighted by molar-refractivity contribution is -0.227. The third-order valence-electron chi connectivity index (χ3n) is 5.25. The lowest BCUT2D eigenvalue weighted by atomic mass is 9.98. The van der Waals surface area contributed by atoms with E-state index in [4.69, 9.17) is 25.4 Å². The van der Waals surface area contributed by atoms with Crippen molar-refractivity contribution in [3.8, 4) is 12.3 Å². The fourth-order valence-corrected chi connectivity index (χ4v) is 3.98. The Balaban J connectivity index is 2.28. The number of terminal acetylenes is 1.